The van der Waals surface area contributed by atoms with E-state index >= 15 is 0 Å². The van der Waals surface area contributed by atoms with E-state index in [4.69, 9.17) is 9.47 Å². The van der Waals surface area contributed by atoms with Crippen LogP contribution >= 0.6 is 0 Å². The van der Waals surface area contributed by atoms with Crippen molar-refractivity contribution in [2.45, 2.75) is 52.6 Å². The van der Waals surface area contributed by atoms with Crippen LogP contribution in [-0.4, -0.2) is 53.3 Å². The number of hydrogen-bond donors (Lipinski definition) is 1. The van der Waals surface area contributed by atoms with Crippen molar-refractivity contribution < 1.29 is 23.9 Å². The zero-order valence-corrected chi connectivity index (χ0v) is 18.1. The molecule has 1 aromatic carbocycles. The first-order valence-electron chi connectivity index (χ1n) is 10.2. The van der Waals surface area contributed by atoms with Gasteiger partial charge in [0, 0.05) is 22.9 Å². The summed E-state index contributed by atoms with van der Waals surface area (Å²) in [6, 6.07) is 6.27. The molecule has 1 unspecified atom stereocenters. The number of esters is 1. The minimum Gasteiger partial charge on any atom is -0.497 e. The smallest absolute Gasteiger partial charge is 0.355 e. The van der Waals surface area contributed by atoms with Crippen LogP contribution in [0.25, 0.3) is 0 Å². The van der Waals surface area contributed by atoms with Crippen molar-refractivity contribution in [2.75, 3.05) is 13.7 Å². The third kappa shape index (κ3) is 4.10. The molecule has 0 aliphatic heterocycles. The maximum atomic E-state index is 13.4. The van der Waals surface area contributed by atoms with Crippen LogP contribution in [0.2, 0.25) is 0 Å². The first-order valence-corrected chi connectivity index (χ1v) is 10.2. The number of carbonyl (C=O) groups excluding carboxylic acids is 3. The summed E-state index contributed by atoms with van der Waals surface area (Å²) in [5, 5.41) is 0. The summed E-state index contributed by atoms with van der Waals surface area (Å²) < 4.78 is 10.2. The summed E-state index contributed by atoms with van der Waals surface area (Å²) in [5.74, 6) is -0.195. The number of aryl methyl sites for hydroxylation is 1. The fourth-order valence-electron chi connectivity index (χ4n) is 3.76. The quantitative estimate of drug-likeness (QED) is 0.528. The highest BCUT2D eigenvalue weighted by atomic mass is 16.5. The molecular weight excluding hydrogens is 384 g/mol. The average molecular weight is 412 g/mol. The zero-order valence-electron chi connectivity index (χ0n) is 18.1. The van der Waals surface area contributed by atoms with Gasteiger partial charge in [-0.05, 0) is 70.4 Å². The Morgan fingerprint density at radius 3 is 2.33 bits per heavy atom. The SMILES string of the molecule is CCOC(=O)c1[nH]c(C)c(C(=O)C(C)N(C(=O)c2ccc(OC)cc2)C2CC2)c1C. The molecule has 1 fully saturated rings. The van der Waals surface area contributed by atoms with Crippen molar-refractivity contribution in [3.05, 3.63) is 52.3 Å². The molecule has 7 nitrogen and oxygen atoms in total. The number of hydrogen-bond acceptors (Lipinski definition) is 5. The molecule has 1 heterocycles. The number of aromatic amines is 1. The fourth-order valence-corrected chi connectivity index (χ4v) is 3.76. The van der Waals surface area contributed by atoms with Crippen molar-refractivity contribution in [1.82, 2.24) is 9.88 Å². The Balaban J connectivity index is 1.89. The molecule has 1 amide bonds. The van der Waals surface area contributed by atoms with Crippen LogP contribution in [0.5, 0.6) is 5.75 Å². The topological polar surface area (TPSA) is 88.7 Å². The van der Waals surface area contributed by atoms with Gasteiger partial charge in [0.05, 0.1) is 19.8 Å². The van der Waals surface area contributed by atoms with E-state index < -0.39 is 12.0 Å². The van der Waals surface area contributed by atoms with Gasteiger partial charge in [-0.3, -0.25) is 9.59 Å². The number of ether oxygens (including phenoxy) is 2. The van der Waals surface area contributed by atoms with Crippen molar-refractivity contribution in [1.29, 1.82) is 0 Å². The molecule has 1 aromatic heterocycles. The maximum Gasteiger partial charge on any atom is 0.355 e. The number of aromatic nitrogens is 1. The fraction of sp³-hybridized carbons (Fsp3) is 0.435. The highest BCUT2D eigenvalue weighted by Crippen LogP contribution is 2.32. The number of benzene rings is 1. The lowest BCUT2D eigenvalue weighted by molar-refractivity contribution is 0.0518. The van der Waals surface area contributed by atoms with Gasteiger partial charge in [0.2, 0.25) is 0 Å². The van der Waals surface area contributed by atoms with E-state index in [-0.39, 0.29) is 30.0 Å². The molecular formula is C23H28N2O5. The molecule has 0 saturated heterocycles. The van der Waals surface area contributed by atoms with E-state index in [9.17, 15) is 14.4 Å². The molecule has 3 rings (SSSR count). The summed E-state index contributed by atoms with van der Waals surface area (Å²) in [4.78, 5) is 43.5. The van der Waals surface area contributed by atoms with Gasteiger partial charge in [-0.2, -0.15) is 0 Å². The number of Topliss-reactive ketones (excluding diaryl/α,β-unsaturated/α-hetero) is 1. The van der Waals surface area contributed by atoms with E-state index in [1.165, 1.54) is 0 Å². The minimum atomic E-state index is -0.657. The summed E-state index contributed by atoms with van der Waals surface area (Å²) in [6.07, 6.45) is 1.75. The predicted octanol–water partition coefficient (Wildman–Crippen LogP) is 3.69. The van der Waals surface area contributed by atoms with E-state index in [0.29, 0.717) is 28.1 Å². The lowest BCUT2D eigenvalue weighted by atomic mass is 9.99. The molecule has 1 aliphatic carbocycles. The second kappa shape index (κ2) is 8.73. The van der Waals surface area contributed by atoms with Gasteiger partial charge >= 0.3 is 5.97 Å². The van der Waals surface area contributed by atoms with Crippen molar-refractivity contribution in [2.24, 2.45) is 0 Å². The van der Waals surface area contributed by atoms with E-state index in [2.05, 4.69) is 4.98 Å². The highest BCUT2D eigenvalue weighted by molar-refractivity contribution is 6.07. The van der Waals surface area contributed by atoms with Crippen LogP contribution in [0.4, 0.5) is 0 Å². The summed E-state index contributed by atoms with van der Waals surface area (Å²) in [7, 11) is 1.57. The van der Waals surface area contributed by atoms with Crippen LogP contribution in [-0.2, 0) is 4.74 Å². The zero-order chi connectivity index (χ0) is 22.0. The molecule has 2 aromatic rings. The number of nitrogens with zero attached hydrogens (tertiary/aromatic N) is 1. The Morgan fingerprint density at radius 2 is 1.80 bits per heavy atom. The first kappa shape index (κ1) is 21.6. The number of rotatable bonds is 8. The van der Waals surface area contributed by atoms with Crippen LogP contribution in [0.1, 0.15) is 69.2 Å². The van der Waals surface area contributed by atoms with Crippen molar-refractivity contribution >= 4 is 17.7 Å². The number of carbonyl (C=O) groups is 3. The van der Waals surface area contributed by atoms with Gasteiger partial charge in [0.15, 0.2) is 5.78 Å². The third-order valence-corrected chi connectivity index (χ3v) is 5.47. The number of methoxy groups -OCH3 is 1. The third-order valence-electron chi connectivity index (χ3n) is 5.47. The molecule has 1 saturated carbocycles. The number of ketones is 1. The molecule has 1 atom stereocenters. The predicted molar refractivity (Wildman–Crippen MR) is 112 cm³/mol. The average Bonchev–Trinajstić information content (AvgIpc) is 3.52. The molecule has 1 aliphatic rings. The van der Waals surface area contributed by atoms with Crippen molar-refractivity contribution in [3.63, 3.8) is 0 Å². The van der Waals surface area contributed by atoms with Gasteiger partial charge in [0.1, 0.15) is 11.4 Å². The second-order valence-corrected chi connectivity index (χ2v) is 7.56. The minimum absolute atomic E-state index is 0.0441. The van der Waals surface area contributed by atoms with Crippen molar-refractivity contribution in [3.8, 4) is 5.75 Å². The second-order valence-electron chi connectivity index (χ2n) is 7.56. The number of amides is 1. The summed E-state index contributed by atoms with van der Waals surface area (Å²) in [5.41, 5.74) is 2.38. The largest absolute Gasteiger partial charge is 0.497 e. The van der Waals surface area contributed by atoms with Crippen LogP contribution in [0.3, 0.4) is 0 Å². The Hall–Kier alpha value is -3.09. The summed E-state index contributed by atoms with van der Waals surface area (Å²) in [6.45, 7) is 7.21. The Kier molecular flexibility index (Phi) is 6.29. The maximum absolute atomic E-state index is 13.4. The molecule has 0 spiro atoms. The van der Waals surface area contributed by atoms with E-state index in [1.54, 1.807) is 64.0 Å². The van der Waals surface area contributed by atoms with E-state index in [0.717, 1.165) is 12.8 Å². The monoisotopic (exact) mass is 412 g/mol. The highest BCUT2D eigenvalue weighted by Gasteiger charge is 2.40. The Bertz CT molecular complexity index is 957. The molecule has 160 valence electrons. The van der Waals surface area contributed by atoms with Gasteiger partial charge < -0.3 is 19.4 Å². The Labute approximate surface area is 176 Å². The van der Waals surface area contributed by atoms with Crippen LogP contribution < -0.4 is 4.74 Å². The number of nitrogens with one attached hydrogen (secondary N) is 1. The number of H-pyrrole nitrogens is 1. The van der Waals surface area contributed by atoms with Gasteiger partial charge in [-0.1, -0.05) is 0 Å². The first-order chi connectivity index (χ1) is 14.3. The molecule has 1 N–H and O–H groups in total. The van der Waals surface area contributed by atoms with Crippen LogP contribution in [0.15, 0.2) is 24.3 Å². The van der Waals surface area contributed by atoms with E-state index in [1.807, 2.05) is 0 Å². The molecule has 0 radical (unpaired) electrons. The molecule has 0 bridgehead atoms. The van der Waals surface area contributed by atoms with Gasteiger partial charge in [0.25, 0.3) is 5.91 Å². The van der Waals surface area contributed by atoms with Gasteiger partial charge in [-0.15, -0.1) is 0 Å². The lowest BCUT2D eigenvalue weighted by Gasteiger charge is -2.29. The lowest BCUT2D eigenvalue weighted by Crippen LogP contribution is -2.45. The molecule has 30 heavy (non-hydrogen) atoms. The standard InChI is InChI=1S/C23H28N2O5/c1-6-30-23(28)20-13(2)19(14(3)24-20)21(26)15(4)25(17-9-10-17)22(27)16-7-11-18(29-5)12-8-16/h7-8,11-12,15,17,24H,6,9-10H2,1-5H3. The molecule has 7 heteroatoms. The summed E-state index contributed by atoms with van der Waals surface area (Å²) >= 11 is 0. The van der Waals surface area contributed by atoms with Gasteiger partial charge in [-0.25, -0.2) is 4.79 Å². The van der Waals surface area contributed by atoms with Crippen LogP contribution in [0, 0.1) is 13.8 Å². The normalized spacial score (nSPS) is 14.2. The Morgan fingerprint density at radius 1 is 1.17 bits per heavy atom.